The average molecular weight is 490 g/mol. The fourth-order valence-corrected chi connectivity index (χ4v) is 3.56. The Balaban J connectivity index is 1.73. The first kappa shape index (κ1) is 24.1. The first-order valence-corrected chi connectivity index (χ1v) is 11.3. The largest absolute Gasteiger partial charge is 0.350 e. The number of rotatable bonds is 8. The number of carbonyl (C=O) groups excluding carboxylic acids is 2. The van der Waals surface area contributed by atoms with E-state index in [1.165, 1.54) is 0 Å². The van der Waals surface area contributed by atoms with Crippen molar-refractivity contribution in [3.8, 4) is 0 Å². The molecule has 3 rings (SSSR count). The minimum Gasteiger partial charge on any atom is -0.350 e. The van der Waals surface area contributed by atoms with Gasteiger partial charge in [0.15, 0.2) is 0 Å². The fourth-order valence-electron chi connectivity index (χ4n) is 3.19. The molecule has 0 aliphatic heterocycles. The van der Waals surface area contributed by atoms with Crippen LogP contribution >= 0.6 is 34.8 Å². The van der Waals surface area contributed by atoms with Gasteiger partial charge in [-0.1, -0.05) is 71.2 Å². The first-order chi connectivity index (χ1) is 15.3. The van der Waals surface area contributed by atoms with Gasteiger partial charge in [-0.3, -0.25) is 9.59 Å². The van der Waals surface area contributed by atoms with Crippen LogP contribution in [-0.4, -0.2) is 22.8 Å². The van der Waals surface area contributed by atoms with E-state index >= 15 is 0 Å². The van der Waals surface area contributed by atoms with Gasteiger partial charge in [0.2, 0.25) is 11.8 Å². The molecule has 0 heterocycles. The van der Waals surface area contributed by atoms with Gasteiger partial charge in [0, 0.05) is 28.2 Å². The molecule has 2 amide bonds. The van der Waals surface area contributed by atoms with Gasteiger partial charge < -0.3 is 10.2 Å². The molecule has 166 valence electrons. The maximum Gasteiger partial charge on any atom is 0.242 e. The quantitative estimate of drug-likeness (QED) is 0.427. The van der Waals surface area contributed by atoms with Gasteiger partial charge in [-0.2, -0.15) is 0 Å². The van der Waals surface area contributed by atoms with Crippen molar-refractivity contribution in [1.29, 1.82) is 0 Å². The summed E-state index contributed by atoms with van der Waals surface area (Å²) < 4.78 is 0. The molecule has 3 aromatic carbocycles. The molecular weight excluding hydrogens is 467 g/mol. The van der Waals surface area contributed by atoms with Crippen LogP contribution in [-0.2, 0) is 29.1 Å². The Morgan fingerprint density at radius 2 is 1.19 bits per heavy atom. The van der Waals surface area contributed by atoms with Crippen molar-refractivity contribution in [2.75, 3.05) is 0 Å². The van der Waals surface area contributed by atoms with E-state index in [0.29, 0.717) is 28.2 Å². The van der Waals surface area contributed by atoms with E-state index < -0.39 is 6.04 Å². The lowest BCUT2D eigenvalue weighted by Crippen LogP contribution is -2.47. The SMILES string of the molecule is C[C@H](C(=O)NCc1ccc(Cl)cc1)N(Cc1ccc(Cl)cc1)C(=O)Cc1ccc(Cl)cc1. The Labute approximate surface area is 203 Å². The highest BCUT2D eigenvalue weighted by Gasteiger charge is 2.26. The van der Waals surface area contributed by atoms with Crippen molar-refractivity contribution >= 4 is 46.6 Å². The average Bonchev–Trinajstić information content (AvgIpc) is 2.79. The van der Waals surface area contributed by atoms with E-state index in [1.54, 1.807) is 48.2 Å². The van der Waals surface area contributed by atoms with Crippen LogP contribution in [0.2, 0.25) is 15.1 Å². The van der Waals surface area contributed by atoms with Crippen molar-refractivity contribution in [3.05, 3.63) is 105 Å². The summed E-state index contributed by atoms with van der Waals surface area (Å²) in [5.41, 5.74) is 2.64. The second-order valence-electron chi connectivity index (χ2n) is 7.47. The number of halogens is 3. The molecule has 1 atom stereocenters. The number of benzene rings is 3. The Kier molecular flexibility index (Phi) is 8.57. The molecule has 0 spiro atoms. The summed E-state index contributed by atoms with van der Waals surface area (Å²) in [6, 6.07) is 20.9. The smallest absolute Gasteiger partial charge is 0.242 e. The summed E-state index contributed by atoms with van der Waals surface area (Å²) in [6.45, 7) is 2.37. The van der Waals surface area contributed by atoms with Gasteiger partial charge in [0.25, 0.3) is 0 Å². The zero-order chi connectivity index (χ0) is 23.1. The molecule has 0 aliphatic carbocycles. The topological polar surface area (TPSA) is 49.4 Å². The van der Waals surface area contributed by atoms with Crippen LogP contribution in [0.1, 0.15) is 23.6 Å². The molecule has 0 saturated heterocycles. The van der Waals surface area contributed by atoms with Gasteiger partial charge in [0.1, 0.15) is 6.04 Å². The molecule has 4 nitrogen and oxygen atoms in total. The maximum atomic E-state index is 13.2. The lowest BCUT2D eigenvalue weighted by molar-refractivity contribution is -0.140. The number of nitrogens with zero attached hydrogens (tertiary/aromatic N) is 1. The third-order valence-electron chi connectivity index (χ3n) is 5.08. The Morgan fingerprint density at radius 1 is 0.750 bits per heavy atom. The van der Waals surface area contributed by atoms with E-state index in [4.69, 9.17) is 34.8 Å². The molecule has 0 bridgehead atoms. The van der Waals surface area contributed by atoms with E-state index in [2.05, 4.69) is 5.32 Å². The zero-order valence-electron chi connectivity index (χ0n) is 17.5. The second kappa shape index (κ2) is 11.4. The third kappa shape index (κ3) is 6.99. The number of amides is 2. The van der Waals surface area contributed by atoms with Crippen molar-refractivity contribution in [1.82, 2.24) is 10.2 Å². The highest BCUT2D eigenvalue weighted by Crippen LogP contribution is 2.17. The molecule has 1 N–H and O–H groups in total. The van der Waals surface area contributed by atoms with Crippen molar-refractivity contribution < 1.29 is 9.59 Å². The maximum absolute atomic E-state index is 13.2. The van der Waals surface area contributed by atoms with Crippen molar-refractivity contribution in [2.24, 2.45) is 0 Å². The lowest BCUT2D eigenvalue weighted by Gasteiger charge is -2.29. The predicted octanol–water partition coefficient (Wildman–Crippen LogP) is 5.92. The van der Waals surface area contributed by atoms with E-state index in [1.807, 2.05) is 36.4 Å². The Hall–Kier alpha value is -2.53. The molecule has 7 heteroatoms. The van der Waals surface area contributed by atoms with Crippen LogP contribution in [0.4, 0.5) is 0 Å². The van der Waals surface area contributed by atoms with Gasteiger partial charge in [-0.25, -0.2) is 0 Å². The minimum absolute atomic E-state index is 0.156. The third-order valence-corrected chi connectivity index (χ3v) is 5.84. The summed E-state index contributed by atoms with van der Waals surface area (Å²) in [5, 5.41) is 4.76. The summed E-state index contributed by atoms with van der Waals surface area (Å²) in [4.78, 5) is 27.7. The number of hydrogen-bond donors (Lipinski definition) is 1. The minimum atomic E-state index is -0.669. The van der Waals surface area contributed by atoms with E-state index in [0.717, 1.165) is 16.7 Å². The first-order valence-electron chi connectivity index (χ1n) is 10.1. The highest BCUT2D eigenvalue weighted by atomic mass is 35.5. The molecule has 0 aromatic heterocycles. The molecular formula is C25H23Cl3N2O2. The molecule has 0 unspecified atom stereocenters. The number of hydrogen-bond acceptors (Lipinski definition) is 2. The van der Waals surface area contributed by atoms with Gasteiger partial charge in [-0.15, -0.1) is 0 Å². The van der Waals surface area contributed by atoms with Crippen LogP contribution in [0.25, 0.3) is 0 Å². The molecule has 3 aromatic rings. The van der Waals surface area contributed by atoms with E-state index in [9.17, 15) is 9.59 Å². The lowest BCUT2D eigenvalue weighted by atomic mass is 10.1. The Morgan fingerprint density at radius 3 is 1.69 bits per heavy atom. The van der Waals surface area contributed by atoms with Gasteiger partial charge in [0.05, 0.1) is 6.42 Å². The number of nitrogens with one attached hydrogen (secondary N) is 1. The van der Waals surface area contributed by atoms with Crippen molar-refractivity contribution in [2.45, 2.75) is 32.5 Å². The summed E-state index contributed by atoms with van der Waals surface area (Å²) in [6.07, 6.45) is 0.166. The molecule has 32 heavy (non-hydrogen) atoms. The highest BCUT2D eigenvalue weighted by molar-refractivity contribution is 6.31. The van der Waals surface area contributed by atoms with Crippen LogP contribution < -0.4 is 5.32 Å². The second-order valence-corrected chi connectivity index (χ2v) is 8.78. The predicted molar refractivity (Wildman–Crippen MR) is 130 cm³/mol. The van der Waals surface area contributed by atoms with Gasteiger partial charge >= 0.3 is 0 Å². The summed E-state index contributed by atoms with van der Waals surface area (Å²) >= 11 is 17.9. The normalized spacial score (nSPS) is 11.6. The summed E-state index contributed by atoms with van der Waals surface area (Å²) in [7, 11) is 0. The molecule has 0 fully saturated rings. The van der Waals surface area contributed by atoms with Crippen LogP contribution in [0.3, 0.4) is 0 Å². The van der Waals surface area contributed by atoms with Crippen molar-refractivity contribution in [3.63, 3.8) is 0 Å². The molecule has 0 saturated carbocycles. The molecule has 0 radical (unpaired) electrons. The Bertz CT molecular complexity index is 1050. The summed E-state index contributed by atoms with van der Waals surface area (Å²) in [5.74, 6) is -0.394. The standard InChI is InChI=1S/C25H23Cl3N2O2/c1-17(25(32)29-15-19-4-10-22(27)11-5-19)30(16-20-6-12-23(28)13-7-20)24(31)14-18-2-8-21(26)9-3-18/h2-13,17H,14-16H2,1H3,(H,29,32)/t17-/m1/s1. The van der Waals surface area contributed by atoms with Gasteiger partial charge in [-0.05, 0) is 60.0 Å². The van der Waals surface area contributed by atoms with Crippen LogP contribution in [0.15, 0.2) is 72.8 Å². The van der Waals surface area contributed by atoms with E-state index in [-0.39, 0.29) is 18.2 Å². The fraction of sp³-hybridized carbons (Fsp3) is 0.200. The van der Waals surface area contributed by atoms with Crippen LogP contribution in [0, 0.1) is 0 Å². The number of carbonyl (C=O) groups is 2. The van der Waals surface area contributed by atoms with Crippen LogP contribution in [0.5, 0.6) is 0 Å². The zero-order valence-corrected chi connectivity index (χ0v) is 19.8. The monoisotopic (exact) mass is 488 g/mol. The molecule has 0 aliphatic rings.